The van der Waals surface area contributed by atoms with Crippen LogP contribution in [0.1, 0.15) is 28.5 Å². The van der Waals surface area contributed by atoms with Crippen molar-refractivity contribution in [2.75, 3.05) is 6.61 Å². The minimum absolute atomic E-state index is 0.0661. The van der Waals surface area contributed by atoms with E-state index in [9.17, 15) is 0 Å². The monoisotopic (exact) mass is 198 g/mol. The van der Waals surface area contributed by atoms with Gasteiger partial charge >= 0.3 is 0 Å². The van der Waals surface area contributed by atoms with Crippen molar-refractivity contribution in [3.63, 3.8) is 0 Å². The molecule has 0 aromatic heterocycles. The first-order valence-electron chi connectivity index (χ1n) is 4.46. The van der Waals surface area contributed by atoms with Crippen LogP contribution in [-0.4, -0.2) is 11.7 Å². The molecular weight excluding hydrogens is 184 g/mol. The fourth-order valence-corrected chi connectivity index (χ4v) is 1.69. The Morgan fingerprint density at radius 1 is 1.23 bits per heavy atom. The Kier molecular flexibility index (Phi) is 3.76. The zero-order valence-corrected chi connectivity index (χ0v) is 8.80. The predicted octanol–water partition coefficient (Wildman–Crippen LogP) is 2.97. The van der Waals surface area contributed by atoms with Gasteiger partial charge < -0.3 is 5.11 Å². The normalized spacial score (nSPS) is 12.9. The lowest BCUT2D eigenvalue weighted by Gasteiger charge is -2.09. The highest BCUT2D eigenvalue weighted by Crippen LogP contribution is 2.25. The third kappa shape index (κ3) is 3.02. The number of aliphatic hydroxyl groups is 1. The quantitative estimate of drug-likeness (QED) is 0.741. The van der Waals surface area contributed by atoms with Crippen LogP contribution >= 0.6 is 11.6 Å². The van der Waals surface area contributed by atoms with Crippen LogP contribution < -0.4 is 0 Å². The van der Waals surface area contributed by atoms with Gasteiger partial charge in [0.15, 0.2) is 0 Å². The van der Waals surface area contributed by atoms with Crippen molar-refractivity contribution in [1.29, 1.82) is 0 Å². The highest BCUT2D eigenvalue weighted by molar-refractivity contribution is 6.20. The fraction of sp³-hybridized carbons (Fsp3) is 0.455. The molecular formula is C11H15ClO. The van der Waals surface area contributed by atoms with Crippen molar-refractivity contribution in [3.05, 3.63) is 34.9 Å². The summed E-state index contributed by atoms with van der Waals surface area (Å²) in [6, 6.07) is 6.26. The summed E-state index contributed by atoms with van der Waals surface area (Å²) in [5.74, 6) is 0. The second-order valence-corrected chi connectivity index (χ2v) is 3.93. The number of hydrogen-bond donors (Lipinski definition) is 1. The number of hydrogen-bond acceptors (Lipinski definition) is 1. The van der Waals surface area contributed by atoms with E-state index in [0.717, 1.165) is 5.56 Å². The number of aliphatic hydroxyl groups excluding tert-OH is 1. The molecule has 0 aliphatic carbocycles. The van der Waals surface area contributed by atoms with Crippen molar-refractivity contribution in [3.8, 4) is 0 Å². The van der Waals surface area contributed by atoms with Crippen LogP contribution in [0.2, 0.25) is 0 Å². The van der Waals surface area contributed by atoms with E-state index in [2.05, 4.69) is 32.0 Å². The molecule has 1 rings (SSSR count). The number of aryl methyl sites for hydroxylation is 2. The zero-order valence-electron chi connectivity index (χ0n) is 8.05. The first kappa shape index (κ1) is 10.6. The maximum Gasteiger partial charge on any atom is 0.0607 e. The minimum Gasteiger partial charge on any atom is -0.396 e. The number of rotatable bonds is 3. The van der Waals surface area contributed by atoms with Crippen molar-refractivity contribution in [1.82, 2.24) is 0 Å². The van der Waals surface area contributed by atoms with Gasteiger partial charge in [-0.15, -0.1) is 11.6 Å². The van der Waals surface area contributed by atoms with Crippen LogP contribution in [0, 0.1) is 13.8 Å². The summed E-state index contributed by atoms with van der Waals surface area (Å²) in [6.07, 6.45) is 0.616. The van der Waals surface area contributed by atoms with Crippen molar-refractivity contribution in [2.24, 2.45) is 0 Å². The summed E-state index contributed by atoms with van der Waals surface area (Å²) < 4.78 is 0. The molecule has 13 heavy (non-hydrogen) atoms. The average molecular weight is 199 g/mol. The molecule has 1 unspecified atom stereocenters. The molecule has 0 aliphatic rings. The molecule has 0 saturated carbocycles. The Morgan fingerprint density at radius 2 is 1.77 bits per heavy atom. The zero-order chi connectivity index (χ0) is 9.84. The van der Waals surface area contributed by atoms with E-state index in [4.69, 9.17) is 16.7 Å². The number of halogens is 1. The average Bonchev–Trinajstić information content (AvgIpc) is 2.03. The van der Waals surface area contributed by atoms with E-state index >= 15 is 0 Å². The topological polar surface area (TPSA) is 20.2 Å². The van der Waals surface area contributed by atoms with Gasteiger partial charge in [0.2, 0.25) is 0 Å². The van der Waals surface area contributed by atoms with E-state index in [-0.39, 0.29) is 12.0 Å². The van der Waals surface area contributed by atoms with Gasteiger partial charge in [0.1, 0.15) is 0 Å². The predicted molar refractivity (Wildman–Crippen MR) is 56.2 cm³/mol. The van der Waals surface area contributed by atoms with Crippen LogP contribution in [0.3, 0.4) is 0 Å². The van der Waals surface area contributed by atoms with Gasteiger partial charge in [-0.1, -0.05) is 29.3 Å². The Balaban J connectivity index is 2.87. The molecule has 0 bridgehead atoms. The van der Waals surface area contributed by atoms with Crippen molar-refractivity contribution in [2.45, 2.75) is 25.6 Å². The summed E-state index contributed by atoms with van der Waals surface area (Å²) in [5, 5.41) is 8.69. The molecule has 1 aromatic carbocycles. The Bertz CT molecular complexity index is 263. The van der Waals surface area contributed by atoms with Crippen LogP contribution in [0.5, 0.6) is 0 Å². The number of alkyl halides is 1. The van der Waals surface area contributed by atoms with Crippen LogP contribution in [0.15, 0.2) is 18.2 Å². The lowest BCUT2D eigenvalue weighted by molar-refractivity contribution is 0.286. The third-order valence-corrected chi connectivity index (χ3v) is 2.46. The third-order valence-electron chi connectivity index (χ3n) is 1.99. The maximum absolute atomic E-state index is 8.75. The molecule has 1 N–H and O–H groups in total. The molecule has 0 heterocycles. The lowest BCUT2D eigenvalue weighted by atomic mass is 10.0. The molecule has 72 valence electrons. The fourth-order valence-electron chi connectivity index (χ4n) is 1.47. The standard InChI is InChI=1S/C11H15ClO/c1-8-5-9(2)7-10(6-8)11(12)3-4-13/h5-7,11,13H,3-4H2,1-2H3. The van der Waals surface area contributed by atoms with Gasteiger partial charge in [-0.05, 0) is 25.8 Å². The largest absolute Gasteiger partial charge is 0.396 e. The SMILES string of the molecule is Cc1cc(C)cc(C(Cl)CCO)c1. The smallest absolute Gasteiger partial charge is 0.0607 e. The Morgan fingerprint density at radius 3 is 2.23 bits per heavy atom. The van der Waals surface area contributed by atoms with Gasteiger partial charge in [0.25, 0.3) is 0 Å². The van der Waals surface area contributed by atoms with E-state index in [1.54, 1.807) is 0 Å². The van der Waals surface area contributed by atoms with Gasteiger partial charge in [-0.2, -0.15) is 0 Å². The second kappa shape index (κ2) is 4.64. The van der Waals surface area contributed by atoms with Gasteiger partial charge in [0.05, 0.1) is 5.38 Å². The van der Waals surface area contributed by atoms with Crippen LogP contribution in [0.4, 0.5) is 0 Å². The molecule has 0 radical (unpaired) electrons. The van der Waals surface area contributed by atoms with Crippen molar-refractivity contribution < 1.29 is 5.11 Å². The molecule has 0 amide bonds. The molecule has 1 nitrogen and oxygen atoms in total. The molecule has 1 atom stereocenters. The summed E-state index contributed by atoms with van der Waals surface area (Å²) >= 11 is 6.09. The second-order valence-electron chi connectivity index (χ2n) is 3.40. The van der Waals surface area contributed by atoms with E-state index in [1.807, 2.05) is 0 Å². The molecule has 0 saturated heterocycles. The molecule has 0 aliphatic heterocycles. The van der Waals surface area contributed by atoms with E-state index < -0.39 is 0 Å². The van der Waals surface area contributed by atoms with Gasteiger partial charge in [0, 0.05) is 6.61 Å². The number of benzene rings is 1. The molecule has 2 heteroatoms. The molecule has 0 spiro atoms. The van der Waals surface area contributed by atoms with Gasteiger partial charge in [-0.3, -0.25) is 0 Å². The Labute approximate surface area is 84.4 Å². The summed E-state index contributed by atoms with van der Waals surface area (Å²) in [4.78, 5) is 0. The minimum atomic E-state index is -0.0661. The Hall–Kier alpha value is -0.530. The molecule has 1 aromatic rings. The molecule has 0 fully saturated rings. The highest BCUT2D eigenvalue weighted by Gasteiger charge is 2.07. The lowest BCUT2D eigenvalue weighted by Crippen LogP contribution is -1.95. The van der Waals surface area contributed by atoms with E-state index in [1.165, 1.54) is 11.1 Å². The summed E-state index contributed by atoms with van der Waals surface area (Å²) in [7, 11) is 0. The summed E-state index contributed by atoms with van der Waals surface area (Å²) in [5.41, 5.74) is 3.55. The van der Waals surface area contributed by atoms with Crippen LogP contribution in [0.25, 0.3) is 0 Å². The van der Waals surface area contributed by atoms with Gasteiger partial charge in [-0.25, -0.2) is 0 Å². The first-order valence-corrected chi connectivity index (χ1v) is 4.90. The maximum atomic E-state index is 8.75. The first-order chi connectivity index (χ1) is 6.13. The van der Waals surface area contributed by atoms with Crippen LogP contribution in [-0.2, 0) is 0 Å². The van der Waals surface area contributed by atoms with E-state index in [0.29, 0.717) is 6.42 Å². The summed E-state index contributed by atoms with van der Waals surface area (Å²) in [6.45, 7) is 4.25. The van der Waals surface area contributed by atoms with Crippen molar-refractivity contribution >= 4 is 11.6 Å². The highest BCUT2D eigenvalue weighted by atomic mass is 35.5.